The second-order valence-electron chi connectivity index (χ2n) is 4.72. The predicted molar refractivity (Wildman–Crippen MR) is 69.5 cm³/mol. The molecule has 1 heterocycles. The minimum atomic E-state index is -4.42. The highest BCUT2D eigenvalue weighted by Crippen LogP contribution is 2.30. The van der Waals surface area contributed by atoms with E-state index in [0.717, 1.165) is 31.5 Å². The Morgan fingerprint density at radius 2 is 2.15 bits per heavy atom. The summed E-state index contributed by atoms with van der Waals surface area (Å²) in [6, 6.07) is 4.09. The van der Waals surface area contributed by atoms with Crippen LogP contribution in [-0.4, -0.2) is 25.2 Å². The molecule has 1 unspecified atom stereocenters. The normalized spacial score (nSPS) is 19.4. The number of amides is 2. The molecule has 4 nitrogen and oxygen atoms in total. The Morgan fingerprint density at radius 3 is 2.80 bits per heavy atom. The van der Waals surface area contributed by atoms with Gasteiger partial charge in [-0.3, -0.25) is 0 Å². The molecule has 1 aromatic carbocycles. The molecule has 1 fully saturated rings. The fraction of sp³-hybridized carbons (Fsp3) is 0.462. The van der Waals surface area contributed by atoms with Crippen LogP contribution in [0.4, 0.5) is 23.7 Å². The fourth-order valence-corrected chi connectivity index (χ4v) is 2.10. The van der Waals surface area contributed by atoms with Crippen molar-refractivity contribution in [3.63, 3.8) is 0 Å². The lowest BCUT2D eigenvalue weighted by Crippen LogP contribution is -2.47. The molecule has 20 heavy (non-hydrogen) atoms. The lowest BCUT2D eigenvalue weighted by atomic mass is 10.1. The summed E-state index contributed by atoms with van der Waals surface area (Å²) in [5.74, 6) is 0. The minimum absolute atomic E-state index is 0.00884. The molecule has 2 amide bonds. The largest absolute Gasteiger partial charge is 0.416 e. The highest BCUT2D eigenvalue weighted by molar-refractivity contribution is 5.89. The zero-order valence-electron chi connectivity index (χ0n) is 10.8. The van der Waals surface area contributed by atoms with E-state index in [1.165, 1.54) is 12.1 Å². The van der Waals surface area contributed by atoms with Crippen LogP contribution in [-0.2, 0) is 6.18 Å². The van der Waals surface area contributed by atoms with Crippen molar-refractivity contribution in [3.05, 3.63) is 29.8 Å². The molecule has 0 aromatic heterocycles. The van der Waals surface area contributed by atoms with Gasteiger partial charge in [-0.15, -0.1) is 0 Å². The number of piperidine rings is 1. The molecule has 0 saturated carbocycles. The number of carbonyl (C=O) groups excluding carboxylic acids is 1. The van der Waals surface area contributed by atoms with Gasteiger partial charge >= 0.3 is 12.2 Å². The van der Waals surface area contributed by atoms with Gasteiger partial charge < -0.3 is 16.0 Å². The maximum Gasteiger partial charge on any atom is 0.416 e. The lowest BCUT2D eigenvalue weighted by molar-refractivity contribution is -0.137. The third-order valence-electron chi connectivity index (χ3n) is 3.08. The predicted octanol–water partition coefficient (Wildman–Crippen LogP) is 2.58. The zero-order chi connectivity index (χ0) is 14.6. The molecule has 2 rings (SSSR count). The molecular weight excluding hydrogens is 271 g/mol. The summed E-state index contributed by atoms with van der Waals surface area (Å²) in [4.78, 5) is 11.7. The van der Waals surface area contributed by atoms with Crippen molar-refractivity contribution in [2.45, 2.75) is 25.1 Å². The van der Waals surface area contributed by atoms with Gasteiger partial charge in [-0.2, -0.15) is 13.2 Å². The summed E-state index contributed by atoms with van der Waals surface area (Å²) >= 11 is 0. The first-order chi connectivity index (χ1) is 9.45. The molecule has 0 aliphatic carbocycles. The van der Waals surface area contributed by atoms with Crippen LogP contribution >= 0.6 is 0 Å². The van der Waals surface area contributed by atoms with E-state index in [1.54, 1.807) is 0 Å². The van der Waals surface area contributed by atoms with Crippen molar-refractivity contribution < 1.29 is 18.0 Å². The first-order valence-corrected chi connectivity index (χ1v) is 6.40. The van der Waals surface area contributed by atoms with Crippen molar-refractivity contribution in [2.24, 2.45) is 0 Å². The molecule has 1 saturated heterocycles. The standard InChI is InChI=1S/C13H16F3N3O/c14-13(15,16)9-3-1-4-10(7-9)18-12(20)19-11-5-2-6-17-8-11/h1,3-4,7,11,17H,2,5-6,8H2,(H2,18,19,20). The van der Waals surface area contributed by atoms with Gasteiger partial charge in [-0.25, -0.2) is 4.79 Å². The number of rotatable bonds is 2. The van der Waals surface area contributed by atoms with Crippen LogP contribution in [0.2, 0.25) is 0 Å². The number of carbonyl (C=O) groups is 1. The van der Waals surface area contributed by atoms with Crippen LogP contribution in [0.5, 0.6) is 0 Å². The highest BCUT2D eigenvalue weighted by atomic mass is 19.4. The Morgan fingerprint density at radius 1 is 1.35 bits per heavy atom. The number of anilines is 1. The third-order valence-corrected chi connectivity index (χ3v) is 3.08. The average molecular weight is 287 g/mol. The summed E-state index contributed by atoms with van der Waals surface area (Å²) in [5, 5.41) is 8.30. The van der Waals surface area contributed by atoms with Crippen LogP contribution in [0.1, 0.15) is 18.4 Å². The Labute approximate surface area is 114 Å². The number of hydrogen-bond acceptors (Lipinski definition) is 2. The van der Waals surface area contributed by atoms with Gasteiger partial charge in [-0.05, 0) is 37.6 Å². The summed E-state index contributed by atoms with van der Waals surface area (Å²) < 4.78 is 37.6. The van der Waals surface area contributed by atoms with E-state index in [1.807, 2.05) is 0 Å². The monoisotopic (exact) mass is 287 g/mol. The zero-order valence-corrected chi connectivity index (χ0v) is 10.8. The second kappa shape index (κ2) is 6.13. The molecule has 1 aliphatic rings. The van der Waals surface area contributed by atoms with Gasteiger partial charge in [0.2, 0.25) is 0 Å². The molecule has 110 valence electrons. The maximum absolute atomic E-state index is 12.5. The molecule has 0 bridgehead atoms. The van der Waals surface area contributed by atoms with Gasteiger partial charge in [0.25, 0.3) is 0 Å². The van der Waals surface area contributed by atoms with Crippen molar-refractivity contribution >= 4 is 11.7 Å². The van der Waals surface area contributed by atoms with E-state index < -0.39 is 17.8 Å². The Balaban J connectivity index is 1.93. The van der Waals surface area contributed by atoms with Crippen molar-refractivity contribution in [3.8, 4) is 0 Å². The van der Waals surface area contributed by atoms with E-state index in [-0.39, 0.29) is 11.7 Å². The first kappa shape index (κ1) is 14.6. The van der Waals surface area contributed by atoms with Crippen LogP contribution < -0.4 is 16.0 Å². The molecule has 3 N–H and O–H groups in total. The minimum Gasteiger partial charge on any atom is -0.334 e. The van der Waals surface area contributed by atoms with Gasteiger partial charge in [0.1, 0.15) is 0 Å². The number of alkyl halides is 3. The molecule has 1 aliphatic heterocycles. The summed E-state index contributed by atoms with van der Waals surface area (Å²) in [6.45, 7) is 1.60. The van der Waals surface area contributed by atoms with Crippen molar-refractivity contribution in [1.82, 2.24) is 10.6 Å². The topological polar surface area (TPSA) is 53.2 Å². The fourth-order valence-electron chi connectivity index (χ4n) is 2.10. The number of halogens is 3. The van der Waals surface area contributed by atoms with Gasteiger partial charge in [0.05, 0.1) is 5.56 Å². The number of benzene rings is 1. The lowest BCUT2D eigenvalue weighted by Gasteiger charge is -2.23. The number of hydrogen-bond donors (Lipinski definition) is 3. The van der Waals surface area contributed by atoms with Crippen LogP contribution in [0, 0.1) is 0 Å². The van der Waals surface area contributed by atoms with Crippen molar-refractivity contribution in [2.75, 3.05) is 18.4 Å². The summed E-state index contributed by atoms with van der Waals surface area (Å²) in [6.07, 6.45) is -2.58. The summed E-state index contributed by atoms with van der Waals surface area (Å²) in [5.41, 5.74) is -0.657. The van der Waals surface area contributed by atoms with E-state index in [4.69, 9.17) is 0 Å². The molecule has 7 heteroatoms. The SMILES string of the molecule is O=C(Nc1cccc(C(F)(F)F)c1)NC1CCCNC1. The smallest absolute Gasteiger partial charge is 0.334 e. The second-order valence-corrected chi connectivity index (χ2v) is 4.72. The maximum atomic E-state index is 12.5. The molecule has 0 spiro atoms. The van der Waals surface area contributed by atoms with Crippen LogP contribution in [0.15, 0.2) is 24.3 Å². The van der Waals surface area contributed by atoms with Gasteiger partial charge in [0.15, 0.2) is 0 Å². The van der Waals surface area contributed by atoms with Crippen LogP contribution in [0.25, 0.3) is 0 Å². The Hall–Kier alpha value is -1.76. The average Bonchev–Trinajstić information content (AvgIpc) is 2.39. The van der Waals surface area contributed by atoms with Crippen LogP contribution in [0.3, 0.4) is 0 Å². The Bertz CT molecular complexity index is 470. The van der Waals surface area contributed by atoms with E-state index in [0.29, 0.717) is 6.54 Å². The number of nitrogens with one attached hydrogen (secondary N) is 3. The van der Waals surface area contributed by atoms with E-state index in [9.17, 15) is 18.0 Å². The highest BCUT2D eigenvalue weighted by Gasteiger charge is 2.30. The molecule has 1 atom stereocenters. The molecular formula is C13H16F3N3O. The quantitative estimate of drug-likeness (QED) is 0.783. The molecule has 1 aromatic rings. The van der Waals surface area contributed by atoms with Gasteiger partial charge in [-0.1, -0.05) is 6.07 Å². The Kier molecular flexibility index (Phi) is 4.49. The van der Waals surface area contributed by atoms with E-state index >= 15 is 0 Å². The number of urea groups is 1. The third kappa shape index (κ3) is 4.12. The summed E-state index contributed by atoms with van der Waals surface area (Å²) in [7, 11) is 0. The first-order valence-electron chi connectivity index (χ1n) is 6.40. The van der Waals surface area contributed by atoms with Gasteiger partial charge in [0, 0.05) is 18.3 Å². The van der Waals surface area contributed by atoms with E-state index in [2.05, 4.69) is 16.0 Å². The molecule has 0 radical (unpaired) electrons. The van der Waals surface area contributed by atoms with Crippen molar-refractivity contribution in [1.29, 1.82) is 0 Å².